The number of phenolic OH excluding ortho intramolecular Hbond substituents is 1. The van der Waals surface area contributed by atoms with E-state index >= 15 is 0 Å². The van der Waals surface area contributed by atoms with E-state index in [-0.39, 0.29) is 11.9 Å². The second-order valence-corrected chi connectivity index (χ2v) is 8.85. The van der Waals surface area contributed by atoms with E-state index in [1.807, 2.05) is 36.4 Å². The molecule has 7 heteroatoms. The van der Waals surface area contributed by atoms with Gasteiger partial charge in [-0.2, -0.15) is 0 Å². The van der Waals surface area contributed by atoms with Gasteiger partial charge in [-0.1, -0.05) is 24.3 Å². The molecule has 0 unspecified atom stereocenters. The highest BCUT2D eigenvalue weighted by atomic mass is 32.2. The van der Waals surface area contributed by atoms with Crippen LogP contribution in [0.25, 0.3) is 11.1 Å². The lowest BCUT2D eigenvalue weighted by Crippen LogP contribution is -2.47. The van der Waals surface area contributed by atoms with Crippen LogP contribution in [-0.4, -0.2) is 44.1 Å². The van der Waals surface area contributed by atoms with Crippen LogP contribution in [0.1, 0.15) is 13.8 Å². The minimum Gasteiger partial charge on any atom is -0.508 e. The van der Waals surface area contributed by atoms with Crippen LogP contribution in [0.3, 0.4) is 0 Å². The SMILES string of the molecule is CC(C)S(=O)(=O)N[C@H]1COC[C@H]1Oc1ccc(-c2ccc(O)cc2)cc1. The van der Waals surface area contributed by atoms with Gasteiger partial charge in [0.05, 0.1) is 24.5 Å². The molecule has 1 fully saturated rings. The number of benzene rings is 2. The van der Waals surface area contributed by atoms with Crippen LogP contribution in [0.4, 0.5) is 0 Å². The van der Waals surface area contributed by atoms with Crippen molar-refractivity contribution in [2.45, 2.75) is 31.2 Å². The Hall–Kier alpha value is -2.09. The molecule has 2 aromatic carbocycles. The van der Waals surface area contributed by atoms with Gasteiger partial charge in [0.25, 0.3) is 0 Å². The van der Waals surface area contributed by atoms with Crippen LogP contribution in [0.15, 0.2) is 48.5 Å². The summed E-state index contributed by atoms with van der Waals surface area (Å²) in [5.74, 6) is 0.876. The Balaban J connectivity index is 1.67. The third-order valence-corrected chi connectivity index (χ3v) is 6.18. The van der Waals surface area contributed by atoms with E-state index in [9.17, 15) is 13.5 Å². The molecule has 3 rings (SSSR count). The summed E-state index contributed by atoms with van der Waals surface area (Å²) >= 11 is 0. The molecule has 140 valence electrons. The molecule has 0 aliphatic carbocycles. The zero-order valence-electron chi connectivity index (χ0n) is 14.8. The van der Waals surface area contributed by atoms with Crippen molar-refractivity contribution in [1.82, 2.24) is 4.72 Å². The molecule has 1 heterocycles. The standard InChI is InChI=1S/C19H23NO5S/c1-13(2)26(22,23)20-18-11-24-12-19(18)25-17-9-5-15(6-10-17)14-3-7-16(21)8-4-14/h3-10,13,18-21H,11-12H2,1-2H3/t18-,19+/m0/s1. The van der Waals surface area contributed by atoms with Crippen molar-refractivity contribution >= 4 is 10.0 Å². The van der Waals surface area contributed by atoms with Gasteiger partial charge in [0.15, 0.2) is 0 Å². The largest absolute Gasteiger partial charge is 0.508 e. The van der Waals surface area contributed by atoms with Crippen molar-refractivity contribution in [2.24, 2.45) is 0 Å². The fourth-order valence-corrected chi connectivity index (χ4v) is 3.58. The van der Waals surface area contributed by atoms with Gasteiger partial charge in [0.2, 0.25) is 10.0 Å². The molecule has 26 heavy (non-hydrogen) atoms. The van der Waals surface area contributed by atoms with Gasteiger partial charge in [0, 0.05) is 0 Å². The minimum atomic E-state index is -3.38. The highest BCUT2D eigenvalue weighted by Gasteiger charge is 2.34. The van der Waals surface area contributed by atoms with Crippen molar-refractivity contribution < 1.29 is 23.0 Å². The van der Waals surface area contributed by atoms with Gasteiger partial charge in [0.1, 0.15) is 17.6 Å². The predicted molar refractivity (Wildman–Crippen MR) is 99.8 cm³/mol. The van der Waals surface area contributed by atoms with Crippen LogP contribution in [-0.2, 0) is 14.8 Å². The summed E-state index contributed by atoms with van der Waals surface area (Å²) < 4.78 is 38.1. The smallest absolute Gasteiger partial charge is 0.214 e. The average molecular weight is 377 g/mol. The van der Waals surface area contributed by atoms with E-state index in [0.29, 0.717) is 19.0 Å². The molecule has 0 radical (unpaired) electrons. The van der Waals surface area contributed by atoms with E-state index in [4.69, 9.17) is 9.47 Å². The molecular weight excluding hydrogens is 354 g/mol. The van der Waals surface area contributed by atoms with Crippen molar-refractivity contribution in [3.8, 4) is 22.6 Å². The molecular formula is C19H23NO5S. The topological polar surface area (TPSA) is 84.9 Å². The molecule has 2 atom stereocenters. The zero-order chi connectivity index (χ0) is 18.7. The Morgan fingerprint density at radius 1 is 1.04 bits per heavy atom. The number of phenols is 1. The third-order valence-electron chi connectivity index (χ3n) is 4.31. The van der Waals surface area contributed by atoms with Gasteiger partial charge in [-0.15, -0.1) is 0 Å². The second-order valence-electron chi connectivity index (χ2n) is 6.58. The summed E-state index contributed by atoms with van der Waals surface area (Å²) in [5, 5.41) is 8.86. The second kappa shape index (κ2) is 7.65. The molecule has 0 saturated carbocycles. The highest BCUT2D eigenvalue weighted by molar-refractivity contribution is 7.90. The van der Waals surface area contributed by atoms with E-state index in [1.54, 1.807) is 26.0 Å². The molecule has 0 bridgehead atoms. The van der Waals surface area contributed by atoms with E-state index in [2.05, 4.69) is 4.72 Å². The van der Waals surface area contributed by atoms with Gasteiger partial charge < -0.3 is 14.6 Å². The van der Waals surface area contributed by atoms with Crippen LogP contribution in [0.5, 0.6) is 11.5 Å². The van der Waals surface area contributed by atoms with Gasteiger partial charge in [-0.05, 0) is 49.2 Å². The number of nitrogens with one attached hydrogen (secondary N) is 1. The minimum absolute atomic E-state index is 0.227. The Morgan fingerprint density at radius 3 is 2.19 bits per heavy atom. The van der Waals surface area contributed by atoms with E-state index < -0.39 is 21.3 Å². The first-order chi connectivity index (χ1) is 12.3. The zero-order valence-corrected chi connectivity index (χ0v) is 15.6. The van der Waals surface area contributed by atoms with Crippen molar-refractivity contribution in [3.63, 3.8) is 0 Å². The lowest BCUT2D eigenvalue weighted by molar-refractivity contribution is 0.140. The number of rotatable bonds is 6. The Bertz CT molecular complexity index is 831. The molecule has 0 amide bonds. The molecule has 1 saturated heterocycles. The maximum absolute atomic E-state index is 12.1. The Kier molecular flexibility index (Phi) is 5.50. The van der Waals surface area contributed by atoms with Gasteiger partial charge >= 0.3 is 0 Å². The fourth-order valence-electron chi connectivity index (χ4n) is 2.66. The third kappa shape index (κ3) is 4.35. The quantitative estimate of drug-likeness (QED) is 0.808. The summed E-state index contributed by atoms with van der Waals surface area (Å²) in [4.78, 5) is 0. The molecule has 0 aromatic heterocycles. The Morgan fingerprint density at radius 2 is 1.62 bits per heavy atom. The molecule has 2 N–H and O–H groups in total. The first-order valence-electron chi connectivity index (χ1n) is 8.50. The molecule has 6 nitrogen and oxygen atoms in total. The summed E-state index contributed by atoms with van der Waals surface area (Å²) in [6.45, 7) is 3.90. The average Bonchev–Trinajstić information content (AvgIpc) is 3.02. The highest BCUT2D eigenvalue weighted by Crippen LogP contribution is 2.25. The number of hydrogen-bond acceptors (Lipinski definition) is 5. The van der Waals surface area contributed by atoms with Crippen molar-refractivity contribution in [1.29, 1.82) is 0 Å². The van der Waals surface area contributed by atoms with Gasteiger partial charge in [-0.3, -0.25) is 0 Å². The van der Waals surface area contributed by atoms with Crippen LogP contribution in [0, 0.1) is 0 Å². The Labute approximate surface area is 153 Å². The van der Waals surface area contributed by atoms with E-state index in [0.717, 1.165) is 11.1 Å². The maximum Gasteiger partial charge on any atom is 0.214 e. The normalized spacial score (nSPS) is 20.4. The molecule has 1 aliphatic heterocycles. The van der Waals surface area contributed by atoms with E-state index in [1.165, 1.54) is 0 Å². The first-order valence-corrected chi connectivity index (χ1v) is 10.0. The summed E-state index contributed by atoms with van der Waals surface area (Å²) in [6, 6.07) is 14.1. The van der Waals surface area contributed by atoms with Crippen molar-refractivity contribution in [2.75, 3.05) is 13.2 Å². The lowest BCUT2D eigenvalue weighted by Gasteiger charge is -2.21. The number of ether oxygens (including phenoxy) is 2. The molecule has 1 aliphatic rings. The monoisotopic (exact) mass is 377 g/mol. The molecule has 0 spiro atoms. The van der Waals surface area contributed by atoms with Gasteiger partial charge in [-0.25, -0.2) is 13.1 Å². The summed E-state index contributed by atoms with van der Waals surface area (Å²) in [5.41, 5.74) is 1.98. The van der Waals surface area contributed by atoms with Crippen LogP contribution < -0.4 is 9.46 Å². The summed E-state index contributed by atoms with van der Waals surface area (Å²) in [7, 11) is -3.38. The summed E-state index contributed by atoms with van der Waals surface area (Å²) in [6.07, 6.45) is -0.372. The van der Waals surface area contributed by atoms with Crippen LogP contribution in [0.2, 0.25) is 0 Å². The van der Waals surface area contributed by atoms with Crippen molar-refractivity contribution in [3.05, 3.63) is 48.5 Å². The number of sulfonamides is 1. The molecule has 2 aromatic rings. The number of hydrogen-bond donors (Lipinski definition) is 2. The predicted octanol–water partition coefficient (Wildman–Crippen LogP) is 2.53. The fraction of sp³-hybridized carbons (Fsp3) is 0.368. The van der Waals surface area contributed by atoms with Crippen LogP contribution >= 0.6 is 0 Å². The maximum atomic E-state index is 12.1. The lowest BCUT2D eigenvalue weighted by atomic mass is 10.1. The number of aromatic hydroxyl groups is 1. The first kappa shape index (κ1) is 18.7.